The van der Waals surface area contributed by atoms with Crippen molar-refractivity contribution >= 4 is 30.6 Å². The van der Waals surface area contributed by atoms with Gasteiger partial charge in [0.25, 0.3) is 0 Å². The van der Waals surface area contributed by atoms with Crippen molar-refractivity contribution in [2.45, 2.75) is 44.9 Å². The number of rotatable bonds is 6. The average Bonchev–Trinajstić information content (AvgIpc) is 2.62. The van der Waals surface area contributed by atoms with Gasteiger partial charge >= 0.3 is 0 Å². The number of carbonyl (C=O) groups excluding carboxylic acids is 1. The van der Waals surface area contributed by atoms with Crippen molar-refractivity contribution in [3.8, 4) is 0 Å². The van der Waals surface area contributed by atoms with Crippen LogP contribution in [0.25, 0.3) is 0 Å². The molecule has 0 unspecified atom stereocenters. The number of hydrogen-bond donors (Lipinski definition) is 0. The minimum absolute atomic E-state index is 0. The lowest BCUT2D eigenvalue weighted by molar-refractivity contribution is -0.118. The molecule has 0 aromatic heterocycles. The number of ketones is 1. The summed E-state index contributed by atoms with van der Waals surface area (Å²) in [5.74, 6) is 1.54. The fourth-order valence-corrected chi connectivity index (χ4v) is 4.34. The quantitative estimate of drug-likeness (QED) is 0.677. The molecule has 0 N–H and O–H groups in total. The molecule has 1 aromatic carbocycles. The molecule has 27 heavy (non-hydrogen) atoms. The molecule has 154 valence electrons. The molecule has 6 heteroatoms. The monoisotopic (exact) mass is 418 g/mol. The summed E-state index contributed by atoms with van der Waals surface area (Å²) in [5, 5.41) is 0. The van der Waals surface area contributed by atoms with E-state index in [1.807, 2.05) is 12.1 Å². The highest BCUT2D eigenvalue weighted by molar-refractivity contribution is 5.85. The summed E-state index contributed by atoms with van der Waals surface area (Å²) < 4.78 is 13.1. The predicted octanol–water partition coefficient (Wildman–Crippen LogP) is 4.54. The van der Waals surface area contributed by atoms with Crippen LogP contribution in [0.1, 0.15) is 50.5 Å². The fraction of sp³-hybridized carbons (Fsp3) is 0.667. The van der Waals surface area contributed by atoms with Gasteiger partial charge in [-0.3, -0.25) is 9.69 Å². The van der Waals surface area contributed by atoms with E-state index in [9.17, 15) is 9.18 Å². The highest BCUT2D eigenvalue weighted by Gasteiger charge is 2.23. The molecule has 0 atom stereocenters. The van der Waals surface area contributed by atoms with Crippen LogP contribution in [-0.2, 0) is 4.79 Å². The molecule has 0 radical (unpaired) electrons. The van der Waals surface area contributed by atoms with Crippen LogP contribution in [0.3, 0.4) is 0 Å². The number of benzene rings is 1. The second kappa shape index (κ2) is 12.0. The molecule has 2 fully saturated rings. The van der Waals surface area contributed by atoms with Gasteiger partial charge in [0.1, 0.15) is 11.6 Å². The van der Waals surface area contributed by atoms with E-state index < -0.39 is 0 Å². The summed E-state index contributed by atoms with van der Waals surface area (Å²) in [6.45, 7) is 7.99. The van der Waals surface area contributed by atoms with Crippen LogP contribution in [0.2, 0.25) is 0 Å². The molecular weight excluding hydrogens is 386 g/mol. The minimum atomic E-state index is -0.143. The first kappa shape index (κ1) is 24.4. The Kier molecular flexibility index (Phi) is 10.8. The summed E-state index contributed by atoms with van der Waals surface area (Å²) in [4.78, 5) is 16.1. The van der Waals surface area contributed by atoms with Crippen LogP contribution in [-0.4, -0.2) is 54.9 Å². The van der Waals surface area contributed by atoms with E-state index in [2.05, 4.69) is 9.80 Å². The summed E-state index contributed by atoms with van der Waals surface area (Å²) in [5.41, 5.74) is 1.29. The molecule has 0 amide bonds. The molecule has 0 bridgehead atoms. The topological polar surface area (TPSA) is 23.6 Å². The highest BCUT2D eigenvalue weighted by atomic mass is 35.5. The van der Waals surface area contributed by atoms with Crippen LogP contribution >= 0.6 is 24.8 Å². The van der Waals surface area contributed by atoms with Crippen molar-refractivity contribution in [2.24, 2.45) is 5.92 Å². The molecular formula is C21H33Cl2FN2O. The number of hydrogen-bond acceptors (Lipinski definition) is 3. The number of halogens is 3. The van der Waals surface area contributed by atoms with Gasteiger partial charge in [0.05, 0.1) is 6.54 Å². The second-order valence-corrected chi connectivity index (χ2v) is 7.88. The van der Waals surface area contributed by atoms with E-state index in [4.69, 9.17) is 0 Å². The van der Waals surface area contributed by atoms with Crippen LogP contribution in [0.15, 0.2) is 24.3 Å². The zero-order chi connectivity index (χ0) is 17.6. The molecule has 2 saturated heterocycles. The van der Waals surface area contributed by atoms with Crippen LogP contribution in [0, 0.1) is 11.7 Å². The molecule has 0 spiro atoms. The molecule has 2 aliphatic heterocycles. The van der Waals surface area contributed by atoms with Gasteiger partial charge in [0.15, 0.2) is 0 Å². The van der Waals surface area contributed by atoms with E-state index in [0.717, 1.165) is 32.1 Å². The Bertz CT molecular complexity index is 554. The van der Waals surface area contributed by atoms with Gasteiger partial charge < -0.3 is 4.90 Å². The van der Waals surface area contributed by atoms with Crippen molar-refractivity contribution in [3.63, 3.8) is 0 Å². The van der Waals surface area contributed by atoms with E-state index >= 15 is 0 Å². The Balaban J connectivity index is 0.00000182. The van der Waals surface area contributed by atoms with Crippen LogP contribution in [0.5, 0.6) is 0 Å². The minimum Gasteiger partial charge on any atom is -0.303 e. The van der Waals surface area contributed by atoms with Crippen molar-refractivity contribution in [1.29, 1.82) is 0 Å². The first-order valence-electron chi connectivity index (χ1n) is 9.80. The molecule has 2 aliphatic rings. The van der Waals surface area contributed by atoms with Gasteiger partial charge in [-0.15, -0.1) is 24.8 Å². The summed E-state index contributed by atoms with van der Waals surface area (Å²) >= 11 is 0. The zero-order valence-corrected chi connectivity index (χ0v) is 17.9. The first-order chi connectivity index (χ1) is 12.1. The molecule has 3 nitrogen and oxygen atoms in total. The van der Waals surface area contributed by atoms with E-state index in [1.165, 1.54) is 44.2 Å². The first-order valence-corrected chi connectivity index (χ1v) is 9.80. The summed E-state index contributed by atoms with van der Waals surface area (Å²) in [6.07, 6.45) is 6.12. The Hall–Kier alpha value is -0.680. The SMILES string of the molecule is CC(=O)CN1CCC(CCN2CCC(c3ccc(F)cc3)CC2)CC1.Cl.Cl. The van der Waals surface area contributed by atoms with Crippen molar-refractivity contribution in [1.82, 2.24) is 9.80 Å². The number of likely N-dealkylation sites (tertiary alicyclic amines) is 2. The maximum Gasteiger partial charge on any atom is 0.143 e. The maximum absolute atomic E-state index is 13.1. The Labute approximate surface area is 175 Å². The number of nitrogens with zero attached hydrogens (tertiary/aromatic N) is 2. The summed E-state index contributed by atoms with van der Waals surface area (Å²) in [7, 11) is 0. The lowest BCUT2D eigenvalue weighted by Gasteiger charge is -2.35. The standard InChI is InChI=1S/C21H31FN2O.2ClH/c1-17(25)16-24-12-7-18(8-13-24)6-11-23-14-9-20(10-15-23)19-2-4-21(22)5-3-19;;/h2-5,18,20H,6-16H2,1H3;2*1H. The van der Waals surface area contributed by atoms with Crippen molar-refractivity contribution in [3.05, 3.63) is 35.6 Å². The lowest BCUT2D eigenvalue weighted by Crippen LogP contribution is -2.38. The number of carbonyl (C=O) groups is 1. The van der Waals surface area contributed by atoms with E-state index in [-0.39, 0.29) is 36.4 Å². The van der Waals surface area contributed by atoms with Gasteiger partial charge in [-0.25, -0.2) is 4.39 Å². The Morgan fingerprint density at radius 3 is 2.07 bits per heavy atom. The zero-order valence-electron chi connectivity index (χ0n) is 16.2. The molecule has 1 aromatic rings. The number of Topliss-reactive ketones (excluding diaryl/α,β-unsaturated/α-hetero) is 1. The van der Waals surface area contributed by atoms with E-state index in [1.54, 1.807) is 19.1 Å². The van der Waals surface area contributed by atoms with Crippen LogP contribution in [0.4, 0.5) is 4.39 Å². The smallest absolute Gasteiger partial charge is 0.143 e. The number of piperidine rings is 2. The third-order valence-corrected chi connectivity index (χ3v) is 5.94. The molecule has 0 saturated carbocycles. The van der Waals surface area contributed by atoms with Gasteiger partial charge in [0, 0.05) is 0 Å². The molecule has 3 rings (SSSR count). The van der Waals surface area contributed by atoms with Crippen LogP contribution < -0.4 is 0 Å². The fourth-order valence-electron chi connectivity index (χ4n) is 4.34. The van der Waals surface area contributed by atoms with Gasteiger partial charge in [-0.2, -0.15) is 0 Å². The predicted molar refractivity (Wildman–Crippen MR) is 114 cm³/mol. The third-order valence-electron chi connectivity index (χ3n) is 5.94. The van der Waals surface area contributed by atoms with Gasteiger partial charge in [-0.1, -0.05) is 12.1 Å². The molecule has 0 aliphatic carbocycles. The highest BCUT2D eigenvalue weighted by Crippen LogP contribution is 2.29. The lowest BCUT2D eigenvalue weighted by atomic mass is 9.88. The van der Waals surface area contributed by atoms with Crippen molar-refractivity contribution in [2.75, 3.05) is 39.3 Å². The Morgan fingerprint density at radius 1 is 0.963 bits per heavy atom. The third kappa shape index (κ3) is 7.69. The largest absolute Gasteiger partial charge is 0.303 e. The Morgan fingerprint density at radius 2 is 1.52 bits per heavy atom. The van der Waals surface area contributed by atoms with Gasteiger partial charge in [0.2, 0.25) is 0 Å². The normalized spacial score (nSPS) is 19.9. The average molecular weight is 419 g/mol. The summed E-state index contributed by atoms with van der Waals surface area (Å²) in [6, 6.07) is 7.06. The second-order valence-electron chi connectivity index (χ2n) is 7.88. The molecule has 2 heterocycles. The maximum atomic E-state index is 13.1. The van der Waals surface area contributed by atoms with Crippen molar-refractivity contribution < 1.29 is 9.18 Å². The van der Waals surface area contributed by atoms with E-state index in [0.29, 0.717) is 12.5 Å². The van der Waals surface area contributed by atoms with Gasteiger partial charge in [-0.05, 0) is 101 Å².